The molecule has 0 aliphatic carbocycles. The fraction of sp³-hybridized carbons (Fsp3) is 0.500. The lowest BCUT2D eigenvalue weighted by atomic mass is 10.1. The summed E-state index contributed by atoms with van der Waals surface area (Å²) >= 11 is 0. The van der Waals surface area contributed by atoms with Crippen molar-refractivity contribution in [1.29, 1.82) is 0 Å². The molecule has 94 valence electrons. The Morgan fingerprint density at radius 3 is 1.82 bits per heavy atom. The first-order valence-corrected chi connectivity index (χ1v) is 4.71. The normalized spacial score (nSPS) is 9.82. The van der Waals surface area contributed by atoms with E-state index in [1.807, 2.05) is 0 Å². The van der Waals surface area contributed by atoms with Crippen LogP contribution < -0.4 is 0 Å². The summed E-state index contributed by atoms with van der Waals surface area (Å²) in [5.74, 6) is -1.24. The van der Waals surface area contributed by atoms with Crippen LogP contribution in [-0.2, 0) is 23.9 Å². The highest BCUT2D eigenvalue weighted by atomic mass is 16.6. The van der Waals surface area contributed by atoms with E-state index in [1.54, 1.807) is 5.92 Å². The molecule has 0 radical (unpaired) electrons. The molecule has 7 nitrogen and oxygen atoms in total. The zero-order valence-electron chi connectivity index (χ0n) is 9.35. The molecule has 0 aromatic heterocycles. The van der Waals surface area contributed by atoms with E-state index in [1.165, 1.54) is 19.8 Å². The van der Waals surface area contributed by atoms with Gasteiger partial charge in [0.2, 0.25) is 0 Å². The number of carbonyl (C=O) groups excluding carboxylic acids is 2. The molecule has 0 saturated heterocycles. The molecular formula is C10H12O7. The van der Waals surface area contributed by atoms with Gasteiger partial charge in [-0.3, -0.25) is 0 Å². The molecule has 0 rings (SSSR count). The molecule has 0 unspecified atom stereocenters. The maximum Gasteiger partial charge on any atom is 0.382 e. The van der Waals surface area contributed by atoms with Crippen molar-refractivity contribution in [2.75, 3.05) is 13.2 Å². The van der Waals surface area contributed by atoms with E-state index in [0.29, 0.717) is 0 Å². The quantitative estimate of drug-likeness (QED) is 0.368. The molecule has 0 saturated carbocycles. The molecule has 7 heteroatoms. The molecule has 0 fully saturated rings. The third-order valence-electron chi connectivity index (χ3n) is 1.49. The predicted octanol–water partition coefficient (Wildman–Crippen LogP) is -1.07. The molecule has 0 spiro atoms. The Balaban J connectivity index is 5.22. The first-order chi connectivity index (χ1) is 7.88. The lowest BCUT2D eigenvalue weighted by Crippen LogP contribution is -2.48. The number of hydrogen-bond acceptors (Lipinski definition) is 6. The third-order valence-corrected chi connectivity index (χ3v) is 1.49. The number of carboxylic acids is 1. The van der Waals surface area contributed by atoms with Gasteiger partial charge in [0.05, 0.1) is 13.2 Å². The minimum Gasteiger partial charge on any atom is -0.472 e. The number of carboxylic acid groups (broad SMARTS) is 1. The second-order valence-electron chi connectivity index (χ2n) is 2.71. The molecule has 0 aliphatic heterocycles. The van der Waals surface area contributed by atoms with Crippen LogP contribution in [0.25, 0.3) is 0 Å². The van der Waals surface area contributed by atoms with Crippen LogP contribution in [0.5, 0.6) is 0 Å². The molecule has 0 aromatic rings. The van der Waals surface area contributed by atoms with Crippen molar-refractivity contribution in [2.45, 2.75) is 19.4 Å². The third kappa shape index (κ3) is 4.12. The van der Waals surface area contributed by atoms with E-state index in [4.69, 9.17) is 5.11 Å². The summed E-state index contributed by atoms with van der Waals surface area (Å²) in [7, 11) is 0. The largest absolute Gasteiger partial charge is 0.472 e. The van der Waals surface area contributed by atoms with Crippen LogP contribution in [0.3, 0.4) is 0 Å². The maximum absolute atomic E-state index is 11.3. The Hall–Kier alpha value is -2.07. The number of rotatable bonds is 4. The Bertz CT molecular complexity index is 356. The van der Waals surface area contributed by atoms with Gasteiger partial charge in [0.25, 0.3) is 0 Å². The van der Waals surface area contributed by atoms with Crippen LogP contribution in [0.4, 0.5) is 0 Å². The first kappa shape index (κ1) is 14.9. The van der Waals surface area contributed by atoms with Crippen LogP contribution in [0.2, 0.25) is 0 Å². The van der Waals surface area contributed by atoms with Gasteiger partial charge in [0.15, 0.2) is 0 Å². The van der Waals surface area contributed by atoms with Crippen molar-refractivity contribution in [2.24, 2.45) is 0 Å². The SMILES string of the molecule is CCOC(=O)C(O)(C#CC(=O)O)C(=O)OCC. The van der Waals surface area contributed by atoms with Gasteiger partial charge in [-0.1, -0.05) is 0 Å². The fourth-order valence-electron chi connectivity index (χ4n) is 0.800. The monoisotopic (exact) mass is 244 g/mol. The average molecular weight is 244 g/mol. The highest BCUT2D eigenvalue weighted by Gasteiger charge is 2.46. The van der Waals surface area contributed by atoms with Crippen LogP contribution in [0, 0.1) is 11.8 Å². The van der Waals surface area contributed by atoms with Gasteiger partial charge in [-0.25, -0.2) is 14.4 Å². The first-order valence-electron chi connectivity index (χ1n) is 4.71. The van der Waals surface area contributed by atoms with Crippen molar-refractivity contribution in [3.8, 4) is 11.8 Å². The van der Waals surface area contributed by atoms with E-state index in [2.05, 4.69) is 9.47 Å². The van der Waals surface area contributed by atoms with E-state index in [-0.39, 0.29) is 13.2 Å². The number of esters is 2. The van der Waals surface area contributed by atoms with E-state index >= 15 is 0 Å². The van der Waals surface area contributed by atoms with Gasteiger partial charge in [-0.15, -0.1) is 0 Å². The van der Waals surface area contributed by atoms with E-state index in [0.717, 1.165) is 0 Å². The van der Waals surface area contributed by atoms with Crippen molar-refractivity contribution < 1.29 is 34.1 Å². The maximum atomic E-state index is 11.3. The van der Waals surface area contributed by atoms with Gasteiger partial charge in [-0.2, -0.15) is 0 Å². The molecule has 17 heavy (non-hydrogen) atoms. The second-order valence-corrected chi connectivity index (χ2v) is 2.71. The van der Waals surface area contributed by atoms with Crippen LogP contribution in [0.15, 0.2) is 0 Å². The summed E-state index contributed by atoms with van der Waals surface area (Å²) < 4.78 is 8.84. The Labute approximate surface area is 97.3 Å². The minimum atomic E-state index is -2.91. The number of ether oxygens (including phenoxy) is 2. The average Bonchev–Trinajstić information content (AvgIpc) is 2.26. The molecule has 0 bridgehead atoms. The summed E-state index contributed by atoms with van der Waals surface area (Å²) in [6.45, 7) is 2.70. The molecule has 0 aliphatic rings. The highest BCUT2D eigenvalue weighted by Crippen LogP contribution is 2.09. The van der Waals surface area contributed by atoms with Gasteiger partial charge >= 0.3 is 23.5 Å². The van der Waals surface area contributed by atoms with Crippen molar-refractivity contribution in [1.82, 2.24) is 0 Å². The summed E-state index contributed by atoms with van der Waals surface area (Å²) in [5.41, 5.74) is -2.91. The highest BCUT2D eigenvalue weighted by molar-refractivity contribution is 6.08. The van der Waals surface area contributed by atoms with Gasteiger partial charge in [-0.05, 0) is 19.8 Å². The molecule has 0 aromatic carbocycles. The van der Waals surface area contributed by atoms with Crippen molar-refractivity contribution in [3.05, 3.63) is 0 Å². The van der Waals surface area contributed by atoms with Crippen LogP contribution >= 0.6 is 0 Å². The molecular weight excluding hydrogens is 232 g/mol. The van der Waals surface area contributed by atoms with Crippen LogP contribution in [0.1, 0.15) is 13.8 Å². The Morgan fingerprint density at radius 1 is 1.12 bits per heavy atom. The molecule has 0 amide bonds. The number of carbonyl (C=O) groups is 3. The van der Waals surface area contributed by atoms with Gasteiger partial charge < -0.3 is 19.7 Å². The summed E-state index contributed by atoms with van der Waals surface area (Å²) in [6, 6.07) is 0. The summed E-state index contributed by atoms with van der Waals surface area (Å²) in [4.78, 5) is 32.9. The number of aliphatic hydroxyl groups is 1. The second kappa shape index (κ2) is 6.50. The summed E-state index contributed by atoms with van der Waals surface area (Å²) in [5, 5.41) is 18.0. The predicted molar refractivity (Wildman–Crippen MR) is 53.6 cm³/mol. The number of hydrogen-bond donors (Lipinski definition) is 2. The van der Waals surface area contributed by atoms with E-state index < -0.39 is 23.5 Å². The molecule has 0 heterocycles. The van der Waals surface area contributed by atoms with Crippen molar-refractivity contribution in [3.63, 3.8) is 0 Å². The van der Waals surface area contributed by atoms with E-state index in [9.17, 15) is 19.5 Å². The standard InChI is InChI=1S/C10H12O7/c1-3-16-8(13)10(15,6-5-7(11)12)9(14)17-4-2/h15H,3-4H2,1-2H3,(H,11,12). The molecule has 2 N–H and O–H groups in total. The van der Waals surface area contributed by atoms with Gasteiger partial charge in [0.1, 0.15) is 0 Å². The molecule has 0 atom stereocenters. The Morgan fingerprint density at radius 2 is 1.53 bits per heavy atom. The lowest BCUT2D eigenvalue weighted by Gasteiger charge is -2.17. The Kier molecular flexibility index (Phi) is 5.71. The zero-order valence-corrected chi connectivity index (χ0v) is 9.35. The zero-order chi connectivity index (χ0) is 13.5. The fourth-order valence-corrected chi connectivity index (χ4v) is 0.800. The van der Waals surface area contributed by atoms with Gasteiger partial charge in [0, 0.05) is 5.92 Å². The number of aliphatic carboxylic acids is 1. The van der Waals surface area contributed by atoms with Crippen LogP contribution in [-0.4, -0.2) is 46.9 Å². The smallest absolute Gasteiger partial charge is 0.382 e. The topological polar surface area (TPSA) is 110 Å². The van der Waals surface area contributed by atoms with Crippen molar-refractivity contribution >= 4 is 17.9 Å². The summed E-state index contributed by atoms with van der Waals surface area (Å²) in [6.07, 6.45) is 0. The lowest BCUT2D eigenvalue weighted by molar-refractivity contribution is -0.176. The minimum absolute atomic E-state index is 0.102.